The number of hydrogen-bond donors (Lipinski definition) is 0. The fourth-order valence-corrected chi connectivity index (χ4v) is 16.4. The minimum atomic E-state index is -2.59. The first kappa shape index (κ1) is 34.2. The third-order valence-electron chi connectivity index (χ3n) is 10.2. The van der Waals surface area contributed by atoms with Crippen molar-refractivity contribution in [2.75, 3.05) is 0 Å². The van der Waals surface area contributed by atoms with Gasteiger partial charge in [0.2, 0.25) is 0 Å². The van der Waals surface area contributed by atoms with Gasteiger partial charge in [0, 0.05) is 0 Å². The predicted molar refractivity (Wildman–Crippen MR) is 195 cm³/mol. The average molecular weight is 678 g/mol. The molecule has 238 valence electrons. The second-order valence-corrected chi connectivity index (χ2v) is 23.6. The van der Waals surface area contributed by atoms with Gasteiger partial charge >= 0.3 is 285 Å². The van der Waals surface area contributed by atoms with Crippen LogP contribution in [0, 0.1) is 11.3 Å². The van der Waals surface area contributed by atoms with Crippen molar-refractivity contribution in [2.24, 2.45) is 11.3 Å². The van der Waals surface area contributed by atoms with Crippen LogP contribution in [0.15, 0.2) is 81.2 Å². The standard InChI is InChI=1S/C21H25.C12H19.C11H14.Zr/c1-20(2,3)16-9-7-14-11-15-8-10-17(21(4,5)6)13-19(15)18(14)12-16;1-6-10-7-9(2)8-11(10)12(3,4)5;1-9-5-7-10(8-6-9)11(2,3)4;/h7-13H,1-6H3;8-9H,6H2,1-5H3;1,5-8H,2-4H3;. The molecule has 0 bridgehead atoms. The number of rotatable bonds is 4. The molecule has 0 amide bonds. The van der Waals surface area contributed by atoms with Crippen molar-refractivity contribution >= 4 is 3.71 Å². The second kappa shape index (κ2) is 11.8. The van der Waals surface area contributed by atoms with Gasteiger partial charge in [0.25, 0.3) is 0 Å². The number of allylic oxidation sites excluding steroid dienone is 4. The summed E-state index contributed by atoms with van der Waals surface area (Å²) in [6, 6.07) is 24.6. The Hall–Kier alpha value is -2.11. The molecule has 0 radical (unpaired) electrons. The van der Waals surface area contributed by atoms with Gasteiger partial charge in [-0.05, 0) is 0 Å². The van der Waals surface area contributed by atoms with Crippen molar-refractivity contribution in [1.29, 1.82) is 0 Å². The van der Waals surface area contributed by atoms with Gasteiger partial charge in [0.15, 0.2) is 0 Å². The van der Waals surface area contributed by atoms with E-state index in [1.807, 2.05) is 3.28 Å². The molecule has 1 atom stereocenters. The molecule has 1 unspecified atom stereocenters. The van der Waals surface area contributed by atoms with Crippen molar-refractivity contribution in [2.45, 2.75) is 123 Å². The maximum atomic E-state index is 2.81. The molecule has 3 aromatic rings. The molecule has 0 fully saturated rings. The Morgan fingerprint density at radius 2 is 1.04 bits per heavy atom. The molecule has 0 aliphatic heterocycles. The summed E-state index contributed by atoms with van der Waals surface area (Å²) in [7, 11) is 0. The van der Waals surface area contributed by atoms with Gasteiger partial charge in [-0.2, -0.15) is 0 Å². The normalized spacial score (nSPS) is 18.0. The van der Waals surface area contributed by atoms with E-state index in [9.17, 15) is 0 Å². The van der Waals surface area contributed by atoms with Gasteiger partial charge in [-0.25, -0.2) is 0 Å². The first-order valence-corrected chi connectivity index (χ1v) is 21.4. The summed E-state index contributed by atoms with van der Waals surface area (Å²) in [4.78, 5) is 0. The van der Waals surface area contributed by atoms with Crippen LogP contribution in [0.5, 0.6) is 0 Å². The summed E-state index contributed by atoms with van der Waals surface area (Å²) in [5.41, 5.74) is 15.6. The van der Waals surface area contributed by atoms with E-state index in [1.54, 1.807) is 22.3 Å². The fourth-order valence-electron chi connectivity index (χ4n) is 7.47. The van der Waals surface area contributed by atoms with Crippen LogP contribution >= 0.6 is 0 Å². The zero-order chi connectivity index (χ0) is 33.3. The quantitative estimate of drug-likeness (QED) is 0.258. The Balaban J connectivity index is 1.83. The third kappa shape index (κ3) is 6.68. The predicted octanol–water partition coefficient (Wildman–Crippen LogP) is 12.4. The summed E-state index contributed by atoms with van der Waals surface area (Å²) in [5, 5.41) is 0. The molecule has 0 N–H and O–H groups in total. The van der Waals surface area contributed by atoms with E-state index in [0.717, 1.165) is 6.42 Å². The molecule has 0 aromatic heterocycles. The third-order valence-corrected chi connectivity index (χ3v) is 18.2. The Morgan fingerprint density at radius 1 is 0.600 bits per heavy atom. The van der Waals surface area contributed by atoms with Crippen LogP contribution < -0.4 is 0 Å². The van der Waals surface area contributed by atoms with Crippen LogP contribution in [-0.2, 0) is 37.5 Å². The first-order valence-electron chi connectivity index (χ1n) is 17.3. The molecule has 45 heavy (non-hydrogen) atoms. The van der Waals surface area contributed by atoms with E-state index >= 15 is 0 Å². The Bertz CT molecular complexity index is 1630. The van der Waals surface area contributed by atoms with Crippen molar-refractivity contribution in [3.63, 3.8) is 0 Å². The van der Waals surface area contributed by atoms with Crippen molar-refractivity contribution < 1.29 is 21.3 Å². The van der Waals surface area contributed by atoms with Crippen molar-refractivity contribution in [1.82, 2.24) is 0 Å². The van der Waals surface area contributed by atoms with Gasteiger partial charge in [0.1, 0.15) is 0 Å². The zero-order valence-electron chi connectivity index (χ0n) is 30.8. The van der Waals surface area contributed by atoms with Crippen molar-refractivity contribution in [3.05, 3.63) is 115 Å². The molecule has 3 aromatic carbocycles. The van der Waals surface area contributed by atoms with Crippen LogP contribution in [0.4, 0.5) is 0 Å². The molecule has 0 heterocycles. The summed E-state index contributed by atoms with van der Waals surface area (Å²) in [5.74, 6) is 0.490. The van der Waals surface area contributed by atoms with E-state index in [-0.39, 0.29) is 21.7 Å². The molecule has 2 aliphatic rings. The van der Waals surface area contributed by atoms with Crippen LogP contribution in [-0.4, -0.2) is 3.71 Å². The van der Waals surface area contributed by atoms with Crippen LogP contribution in [0.3, 0.4) is 0 Å². The summed E-state index contributed by atoms with van der Waals surface area (Å²) in [6.45, 7) is 33.1. The van der Waals surface area contributed by atoms with E-state index < -0.39 is 21.3 Å². The van der Waals surface area contributed by atoms with Crippen molar-refractivity contribution in [3.8, 4) is 11.1 Å². The van der Waals surface area contributed by atoms with Gasteiger partial charge in [-0.3, -0.25) is 0 Å². The molecular weight excluding hydrogens is 620 g/mol. The molecule has 2 aliphatic carbocycles. The molecular formula is C44H58Zr. The SMILES string of the molecule is CCC1=[C]([Zr](=[CH]c2ccc(C(C)(C)C)cc2)[CH]2c3ccc(C(C)(C)C)cc3-c3cc(C(C)(C)C)ccc32)C(C)C=C1C(C)(C)C. The molecule has 5 rings (SSSR count). The van der Waals surface area contributed by atoms with Gasteiger partial charge < -0.3 is 0 Å². The van der Waals surface area contributed by atoms with Crippen LogP contribution in [0.1, 0.15) is 140 Å². The van der Waals surface area contributed by atoms with E-state index in [1.165, 1.54) is 33.4 Å². The number of hydrogen-bond acceptors (Lipinski definition) is 0. The molecule has 0 nitrogen and oxygen atoms in total. The Morgan fingerprint density at radius 3 is 1.44 bits per heavy atom. The first-order chi connectivity index (χ1) is 20.7. The van der Waals surface area contributed by atoms with E-state index in [0.29, 0.717) is 9.54 Å². The average Bonchev–Trinajstić information content (AvgIpc) is 3.44. The van der Waals surface area contributed by atoms with Gasteiger partial charge in [-0.1, -0.05) is 0 Å². The monoisotopic (exact) mass is 676 g/mol. The Labute approximate surface area is 283 Å². The second-order valence-electron chi connectivity index (χ2n) is 17.9. The maximum absolute atomic E-state index is 2.81. The summed E-state index contributed by atoms with van der Waals surface area (Å²) >= 11 is -2.59. The summed E-state index contributed by atoms with van der Waals surface area (Å²) in [6.07, 6.45) is 3.75. The zero-order valence-corrected chi connectivity index (χ0v) is 33.2. The molecule has 0 spiro atoms. The summed E-state index contributed by atoms with van der Waals surface area (Å²) < 4.78 is 5.09. The van der Waals surface area contributed by atoms with Crippen LogP contribution in [0.2, 0.25) is 0 Å². The molecule has 0 saturated carbocycles. The minimum absolute atomic E-state index is 0.112. The Kier molecular flexibility index (Phi) is 9.01. The number of fused-ring (bicyclic) bond motifs is 3. The fraction of sp³-hybridized carbons (Fsp3) is 0.477. The van der Waals surface area contributed by atoms with Gasteiger partial charge in [0.05, 0.1) is 0 Å². The topological polar surface area (TPSA) is 0 Å². The van der Waals surface area contributed by atoms with E-state index in [4.69, 9.17) is 0 Å². The molecule has 0 saturated heterocycles. The molecule has 1 heteroatoms. The number of benzene rings is 3. The van der Waals surface area contributed by atoms with Crippen LogP contribution in [0.25, 0.3) is 11.1 Å². The van der Waals surface area contributed by atoms with E-state index in [2.05, 4.69) is 167 Å². The van der Waals surface area contributed by atoms with Gasteiger partial charge in [-0.15, -0.1) is 0 Å².